The average molecular weight is 250 g/mol. The number of anilines is 1. The molecule has 0 aliphatic carbocycles. The zero-order valence-electron chi connectivity index (χ0n) is 10.2. The van der Waals surface area contributed by atoms with Crippen LogP contribution in [0.15, 0.2) is 18.2 Å². The lowest BCUT2D eigenvalue weighted by Crippen LogP contribution is -2.48. The Morgan fingerprint density at radius 2 is 1.94 bits per heavy atom. The molecule has 1 saturated heterocycles. The van der Waals surface area contributed by atoms with E-state index >= 15 is 0 Å². The van der Waals surface area contributed by atoms with Crippen molar-refractivity contribution in [2.75, 3.05) is 31.1 Å². The fourth-order valence-electron chi connectivity index (χ4n) is 2.18. The number of aldehydes is 1. The number of nitrogens with zero attached hydrogens (tertiary/aromatic N) is 2. The quantitative estimate of drug-likeness (QED) is 0.743. The molecule has 0 saturated carbocycles. The van der Waals surface area contributed by atoms with Gasteiger partial charge in [0.2, 0.25) is 5.91 Å². The second kappa shape index (κ2) is 5.16. The van der Waals surface area contributed by atoms with Crippen molar-refractivity contribution in [3.05, 3.63) is 29.6 Å². The summed E-state index contributed by atoms with van der Waals surface area (Å²) >= 11 is 0. The normalized spacial score (nSPS) is 15.7. The van der Waals surface area contributed by atoms with Crippen LogP contribution >= 0.6 is 0 Å². The zero-order chi connectivity index (χ0) is 13.1. The van der Waals surface area contributed by atoms with Crippen LogP contribution in [0.25, 0.3) is 0 Å². The first kappa shape index (κ1) is 12.5. The van der Waals surface area contributed by atoms with Gasteiger partial charge in [0.1, 0.15) is 5.82 Å². The third-order valence-corrected chi connectivity index (χ3v) is 3.21. The van der Waals surface area contributed by atoms with E-state index in [1.165, 1.54) is 13.0 Å². The summed E-state index contributed by atoms with van der Waals surface area (Å²) < 4.78 is 13.5. The first-order valence-electron chi connectivity index (χ1n) is 5.87. The van der Waals surface area contributed by atoms with Crippen LogP contribution in [0.5, 0.6) is 0 Å². The minimum Gasteiger partial charge on any atom is -0.367 e. The number of carbonyl (C=O) groups excluding carboxylic acids is 2. The number of halogens is 1. The summed E-state index contributed by atoms with van der Waals surface area (Å²) in [7, 11) is 0. The van der Waals surface area contributed by atoms with Crippen LogP contribution in [0.2, 0.25) is 0 Å². The fraction of sp³-hybridized carbons (Fsp3) is 0.385. The molecule has 0 unspecified atom stereocenters. The van der Waals surface area contributed by atoms with E-state index in [1.54, 1.807) is 17.0 Å². The monoisotopic (exact) mass is 250 g/mol. The van der Waals surface area contributed by atoms with Gasteiger partial charge in [0.25, 0.3) is 0 Å². The van der Waals surface area contributed by atoms with Gasteiger partial charge in [0.15, 0.2) is 6.29 Å². The maximum absolute atomic E-state index is 13.5. The van der Waals surface area contributed by atoms with Crippen molar-refractivity contribution in [3.8, 4) is 0 Å². The second-order valence-corrected chi connectivity index (χ2v) is 4.28. The molecule has 1 amide bonds. The maximum atomic E-state index is 13.5. The number of piperazine rings is 1. The SMILES string of the molecule is CC(=O)N1CCN(c2cccc(F)c2C=O)CC1. The van der Waals surface area contributed by atoms with Crippen LogP contribution in [0.3, 0.4) is 0 Å². The topological polar surface area (TPSA) is 40.6 Å². The molecule has 0 atom stereocenters. The van der Waals surface area contributed by atoms with E-state index in [-0.39, 0.29) is 11.5 Å². The van der Waals surface area contributed by atoms with Gasteiger partial charge in [0, 0.05) is 33.1 Å². The summed E-state index contributed by atoms with van der Waals surface area (Å²) in [5.74, 6) is -0.457. The smallest absolute Gasteiger partial charge is 0.219 e. The maximum Gasteiger partial charge on any atom is 0.219 e. The summed E-state index contributed by atoms with van der Waals surface area (Å²) in [6.45, 7) is 3.97. The molecule has 0 radical (unpaired) electrons. The van der Waals surface area contributed by atoms with Crippen LogP contribution in [0.4, 0.5) is 10.1 Å². The Hall–Kier alpha value is -1.91. The van der Waals surface area contributed by atoms with Crippen molar-refractivity contribution in [2.24, 2.45) is 0 Å². The largest absolute Gasteiger partial charge is 0.367 e. The summed E-state index contributed by atoms with van der Waals surface area (Å²) in [5.41, 5.74) is 0.696. The first-order valence-corrected chi connectivity index (χ1v) is 5.87. The van der Waals surface area contributed by atoms with Gasteiger partial charge in [-0.1, -0.05) is 6.07 Å². The molecule has 0 bridgehead atoms. The molecular weight excluding hydrogens is 235 g/mol. The van der Waals surface area contributed by atoms with Gasteiger partial charge in [-0.15, -0.1) is 0 Å². The third kappa shape index (κ3) is 2.34. The molecule has 1 aliphatic heterocycles. The molecule has 1 fully saturated rings. The van der Waals surface area contributed by atoms with Crippen LogP contribution < -0.4 is 4.90 Å². The standard InChI is InChI=1S/C13H15FN2O2/c1-10(18)15-5-7-16(8-6-15)13-4-2-3-12(14)11(13)9-17/h2-4,9H,5-8H2,1H3. The van der Waals surface area contributed by atoms with Gasteiger partial charge < -0.3 is 9.80 Å². The van der Waals surface area contributed by atoms with Crippen LogP contribution in [0, 0.1) is 5.82 Å². The number of benzene rings is 1. The van der Waals surface area contributed by atoms with Crippen molar-refractivity contribution in [1.82, 2.24) is 4.90 Å². The Labute approximate surface area is 105 Å². The molecule has 18 heavy (non-hydrogen) atoms. The molecule has 5 heteroatoms. The van der Waals surface area contributed by atoms with Crippen LogP contribution in [0.1, 0.15) is 17.3 Å². The van der Waals surface area contributed by atoms with Crippen LogP contribution in [-0.4, -0.2) is 43.3 Å². The number of hydrogen-bond acceptors (Lipinski definition) is 3. The highest BCUT2D eigenvalue weighted by atomic mass is 19.1. The highest BCUT2D eigenvalue weighted by Crippen LogP contribution is 2.22. The van der Waals surface area contributed by atoms with E-state index in [9.17, 15) is 14.0 Å². The Morgan fingerprint density at radius 3 is 2.50 bits per heavy atom. The number of amides is 1. The Bertz CT molecular complexity index is 468. The lowest BCUT2D eigenvalue weighted by Gasteiger charge is -2.36. The molecule has 1 aromatic rings. The van der Waals surface area contributed by atoms with Crippen LogP contribution in [-0.2, 0) is 4.79 Å². The highest BCUT2D eigenvalue weighted by Gasteiger charge is 2.21. The molecule has 0 N–H and O–H groups in total. The van der Waals surface area contributed by atoms with Gasteiger partial charge >= 0.3 is 0 Å². The number of carbonyl (C=O) groups is 2. The minimum absolute atomic E-state index is 0.0458. The fourth-order valence-corrected chi connectivity index (χ4v) is 2.18. The zero-order valence-corrected chi connectivity index (χ0v) is 10.2. The molecule has 1 aromatic carbocycles. The average Bonchev–Trinajstić information content (AvgIpc) is 2.38. The Balaban J connectivity index is 2.17. The summed E-state index contributed by atoms with van der Waals surface area (Å²) in [5, 5.41) is 0. The van der Waals surface area contributed by atoms with E-state index in [0.29, 0.717) is 38.2 Å². The van der Waals surface area contributed by atoms with Crippen molar-refractivity contribution < 1.29 is 14.0 Å². The molecule has 1 heterocycles. The predicted octanol–water partition coefficient (Wildman–Crippen LogP) is 1.31. The number of hydrogen-bond donors (Lipinski definition) is 0. The van der Waals surface area contributed by atoms with Gasteiger partial charge in [-0.05, 0) is 12.1 Å². The van der Waals surface area contributed by atoms with Crippen molar-refractivity contribution in [3.63, 3.8) is 0 Å². The Morgan fingerprint density at radius 1 is 1.28 bits per heavy atom. The molecule has 1 aliphatic rings. The minimum atomic E-state index is -0.503. The molecule has 96 valence electrons. The highest BCUT2D eigenvalue weighted by molar-refractivity contribution is 5.85. The van der Waals surface area contributed by atoms with Gasteiger partial charge in [0.05, 0.1) is 11.3 Å². The molecule has 0 spiro atoms. The predicted molar refractivity (Wildman–Crippen MR) is 66.3 cm³/mol. The van der Waals surface area contributed by atoms with E-state index in [4.69, 9.17) is 0 Å². The molecular formula is C13H15FN2O2. The molecule has 2 rings (SSSR count). The second-order valence-electron chi connectivity index (χ2n) is 4.28. The number of rotatable bonds is 2. The van der Waals surface area contributed by atoms with Crippen molar-refractivity contribution in [1.29, 1.82) is 0 Å². The van der Waals surface area contributed by atoms with Gasteiger partial charge in [-0.25, -0.2) is 4.39 Å². The van der Waals surface area contributed by atoms with Crippen molar-refractivity contribution in [2.45, 2.75) is 6.92 Å². The summed E-state index contributed by atoms with van der Waals surface area (Å²) in [6, 6.07) is 4.60. The summed E-state index contributed by atoms with van der Waals surface area (Å²) in [6.07, 6.45) is 0.544. The van der Waals surface area contributed by atoms with E-state index < -0.39 is 5.82 Å². The lowest BCUT2D eigenvalue weighted by molar-refractivity contribution is -0.129. The van der Waals surface area contributed by atoms with Crippen molar-refractivity contribution >= 4 is 17.9 Å². The molecule has 0 aromatic heterocycles. The summed E-state index contributed by atoms with van der Waals surface area (Å²) in [4.78, 5) is 25.8. The molecule has 4 nitrogen and oxygen atoms in total. The third-order valence-electron chi connectivity index (χ3n) is 3.21. The lowest BCUT2D eigenvalue weighted by atomic mass is 10.1. The first-order chi connectivity index (χ1) is 8.63. The Kier molecular flexibility index (Phi) is 3.60. The van der Waals surface area contributed by atoms with E-state index in [2.05, 4.69) is 0 Å². The van der Waals surface area contributed by atoms with Gasteiger partial charge in [-0.3, -0.25) is 9.59 Å². The van der Waals surface area contributed by atoms with E-state index in [1.807, 2.05) is 4.90 Å². The van der Waals surface area contributed by atoms with E-state index in [0.717, 1.165) is 0 Å². The van der Waals surface area contributed by atoms with Gasteiger partial charge in [-0.2, -0.15) is 0 Å².